The fraction of sp³-hybridized carbons (Fsp3) is 0.600. The third kappa shape index (κ3) is 2.70. The molecule has 18 heavy (non-hydrogen) atoms. The summed E-state index contributed by atoms with van der Waals surface area (Å²) in [4.78, 5) is 10.8. The Morgan fingerprint density at radius 2 is 2.39 bits per heavy atom. The first-order valence-corrected chi connectivity index (χ1v) is 7.12. The van der Waals surface area contributed by atoms with Crippen molar-refractivity contribution in [3.8, 4) is 0 Å². The topological polar surface area (TPSA) is 101 Å². The van der Waals surface area contributed by atoms with Crippen LogP contribution in [0.1, 0.15) is 17.9 Å². The number of carbonyl (C=O) groups is 1. The van der Waals surface area contributed by atoms with E-state index in [-0.39, 0.29) is 24.6 Å². The first kappa shape index (κ1) is 13.0. The molecule has 0 saturated carbocycles. The van der Waals surface area contributed by atoms with E-state index < -0.39 is 21.9 Å². The summed E-state index contributed by atoms with van der Waals surface area (Å²) < 4.78 is 30.1. The molecular weight excluding hydrogens is 260 g/mol. The van der Waals surface area contributed by atoms with Crippen molar-refractivity contribution in [2.75, 3.05) is 13.1 Å². The van der Waals surface area contributed by atoms with Gasteiger partial charge in [-0.3, -0.25) is 4.79 Å². The van der Waals surface area contributed by atoms with Crippen LogP contribution in [0.3, 0.4) is 0 Å². The molecule has 0 amide bonds. The molecule has 0 aromatic carbocycles. The second-order valence-electron chi connectivity index (χ2n) is 4.37. The van der Waals surface area contributed by atoms with Gasteiger partial charge < -0.3 is 9.63 Å². The zero-order chi connectivity index (χ0) is 13.3. The van der Waals surface area contributed by atoms with Crippen LogP contribution in [0, 0.1) is 12.8 Å². The van der Waals surface area contributed by atoms with Gasteiger partial charge in [-0.1, -0.05) is 5.16 Å². The van der Waals surface area contributed by atoms with Crippen molar-refractivity contribution in [3.05, 3.63) is 17.5 Å². The smallest absolute Gasteiger partial charge is 0.307 e. The van der Waals surface area contributed by atoms with Crippen LogP contribution < -0.4 is 0 Å². The average molecular weight is 274 g/mol. The van der Waals surface area contributed by atoms with E-state index in [4.69, 9.17) is 9.63 Å². The largest absolute Gasteiger partial charge is 0.481 e. The number of aromatic nitrogens is 1. The number of aliphatic carboxylic acids is 1. The van der Waals surface area contributed by atoms with Crippen LogP contribution >= 0.6 is 0 Å². The van der Waals surface area contributed by atoms with Crippen LogP contribution in [0.5, 0.6) is 0 Å². The first-order valence-electron chi connectivity index (χ1n) is 5.51. The van der Waals surface area contributed by atoms with Gasteiger partial charge in [0.25, 0.3) is 0 Å². The highest BCUT2D eigenvalue weighted by Gasteiger charge is 2.35. The van der Waals surface area contributed by atoms with Crippen molar-refractivity contribution in [1.82, 2.24) is 9.46 Å². The van der Waals surface area contributed by atoms with Gasteiger partial charge in [0.1, 0.15) is 5.75 Å². The Balaban J connectivity index is 2.06. The van der Waals surface area contributed by atoms with Crippen LogP contribution in [0.4, 0.5) is 0 Å². The predicted molar refractivity (Wildman–Crippen MR) is 61.2 cm³/mol. The molecule has 1 aliphatic rings. The zero-order valence-corrected chi connectivity index (χ0v) is 10.7. The standard InChI is InChI=1S/C10H14N2O5S/c1-7-4-9(17-11-7)6-18(15,16)12-3-2-8(5-12)10(13)14/h4,8H,2-3,5-6H2,1H3,(H,13,14). The van der Waals surface area contributed by atoms with Gasteiger partial charge in [-0.2, -0.15) is 0 Å². The molecule has 0 radical (unpaired) electrons. The van der Waals surface area contributed by atoms with E-state index in [9.17, 15) is 13.2 Å². The number of carboxylic acids is 1. The number of sulfonamides is 1. The number of aryl methyl sites for hydroxylation is 1. The van der Waals surface area contributed by atoms with Crippen molar-refractivity contribution in [1.29, 1.82) is 0 Å². The number of carboxylic acid groups (broad SMARTS) is 1. The van der Waals surface area contributed by atoms with Crippen molar-refractivity contribution < 1.29 is 22.8 Å². The van der Waals surface area contributed by atoms with Crippen molar-refractivity contribution in [2.45, 2.75) is 19.1 Å². The number of rotatable bonds is 4. The molecule has 1 atom stereocenters. The molecule has 1 N–H and O–H groups in total. The van der Waals surface area contributed by atoms with Crippen LogP contribution in [-0.4, -0.2) is 42.0 Å². The molecule has 100 valence electrons. The molecular formula is C10H14N2O5S. The van der Waals surface area contributed by atoms with Gasteiger partial charge in [0.2, 0.25) is 10.0 Å². The molecule has 0 bridgehead atoms. The van der Waals surface area contributed by atoms with Gasteiger partial charge in [0.05, 0.1) is 11.6 Å². The maximum atomic E-state index is 12.0. The summed E-state index contributed by atoms with van der Waals surface area (Å²) in [5.74, 6) is -1.58. The Kier molecular flexibility index (Phi) is 3.40. The minimum atomic E-state index is -3.53. The summed E-state index contributed by atoms with van der Waals surface area (Å²) in [6.07, 6.45) is 0.351. The van der Waals surface area contributed by atoms with E-state index in [0.29, 0.717) is 12.1 Å². The predicted octanol–water partition coefficient (Wildman–Crippen LogP) is 0.219. The molecule has 7 nitrogen and oxygen atoms in total. The Bertz CT molecular complexity index is 550. The lowest BCUT2D eigenvalue weighted by Crippen LogP contribution is -2.31. The minimum Gasteiger partial charge on any atom is -0.481 e. The molecule has 1 aromatic rings. The van der Waals surface area contributed by atoms with Gasteiger partial charge in [-0.15, -0.1) is 0 Å². The number of nitrogens with zero attached hydrogens (tertiary/aromatic N) is 2. The molecule has 1 saturated heterocycles. The van der Waals surface area contributed by atoms with E-state index >= 15 is 0 Å². The highest BCUT2D eigenvalue weighted by molar-refractivity contribution is 7.88. The maximum absolute atomic E-state index is 12.0. The summed E-state index contributed by atoms with van der Waals surface area (Å²) in [6.45, 7) is 1.98. The summed E-state index contributed by atoms with van der Waals surface area (Å²) >= 11 is 0. The van der Waals surface area contributed by atoms with E-state index in [2.05, 4.69) is 5.16 Å². The Hall–Kier alpha value is -1.41. The molecule has 1 unspecified atom stereocenters. The van der Waals surface area contributed by atoms with Crippen molar-refractivity contribution in [3.63, 3.8) is 0 Å². The molecule has 1 aliphatic heterocycles. The lowest BCUT2D eigenvalue weighted by molar-refractivity contribution is -0.141. The summed E-state index contributed by atoms with van der Waals surface area (Å²) in [5.41, 5.74) is 0.616. The Labute approximate surface area is 104 Å². The van der Waals surface area contributed by atoms with Crippen molar-refractivity contribution >= 4 is 16.0 Å². The third-order valence-corrected chi connectivity index (χ3v) is 4.66. The van der Waals surface area contributed by atoms with Crippen molar-refractivity contribution in [2.24, 2.45) is 5.92 Å². The second-order valence-corrected chi connectivity index (χ2v) is 6.34. The minimum absolute atomic E-state index is 0.0325. The fourth-order valence-electron chi connectivity index (χ4n) is 1.94. The lowest BCUT2D eigenvalue weighted by atomic mass is 10.1. The number of hydrogen-bond donors (Lipinski definition) is 1. The normalized spacial score (nSPS) is 21.3. The molecule has 0 spiro atoms. The molecule has 1 fully saturated rings. The molecule has 8 heteroatoms. The molecule has 0 aliphatic carbocycles. The summed E-state index contributed by atoms with van der Waals surface area (Å²) in [6, 6.07) is 1.56. The Morgan fingerprint density at radius 3 is 2.89 bits per heavy atom. The van der Waals surface area contributed by atoms with Gasteiger partial charge in [-0.05, 0) is 13.3 Å². The maximum Gasteiger partial charge on any atom is 0.307 e. The molecule has 2 heterocycles. The van der Waals surface area contributed by atoms with E-state index in [1.165, 1.54) is 4.31 Å². The molecule has 1 aromatic heterocycles. The van der Waals surface area contributed by atoms with Crippen LogP contribution in [0.25, 0.3) is 0 Å². The van der Waals surface area contributed by atoms with E-state index in [1.807, 2.05) is 0 Å². The van der Waals surface area contributed by atoms with Gasteiger partial charge in [-0.25, -0.2) is 12.7 Å². The van der Waals surface area contributed by atoms with Crippen LogP contribution in [-0.2, 0) is 20.6 Å². The van der Waals surface area contributed by atoms with E-state index in [0.717, 1.165) is 0 Å². The van der Waals surface area contributed by atoms with Gasteiger partial charge in [0, 0.05) is 19.2 Å². The highest BCUT2D eigenvalue weighted by Crippen LogP contribution is 2.22. The third-order valence-electron chi connectivity index (χ3n) is 2.90. The fourth-order valence-corrected chi connectivity index (χ4v) is 3.41. The zero-order valence-electron chi connectivity index (χ0n) is 9.87. The SMILES string of the molecule is Cc1cc(CS(=O)(=O)N2CCC(C(=O)O)C2)on1. The first-order chi connectivity index (χ1) is 8.38. The second kappa shape index (κ2) is 4.69. The summed E-state index contributed by atoms with van der Waals surface area (Å²) in [7, 11) is -3.53. The monoisotopic (exact) mass is 274 g/mol. The summed E-state index contributed by atoms with van der Waals surface area (Å²) in [5, 5.41) is 12.5. The Morgan fingerprint density at radius 1 is 1.67 bits per heavy atom. The van der Waals surface area contributed by atoms with Gasteiger partial charge in [0.15, 0.2) is 5.76 Å². The molecule has 2 rings (SSSR count). The average Bonchev–Trinajstić information content (AvgIpc) is 2.86. The lowest BCUT2D eigenvalue weighted by Gasteiger charge is -2.14. The highest BCUT2D eigenvalue weighted by atomic mass is 32.2. The van der Waals surface area contributed by atoms with Gasteiger partial charge >= 0.3 is 5.97 Å². The number of hydrogen-bond acceptors (Lipinski definition) is 5. The van der Waals surface area contributed by atoms with E-state index in [1.54, 1.807) is 13.0 Å². The van der Waals surface area contributed by atoms with Crippen LogP contribution in [0.2, 0.25) is 0 Å². The quantitative estimate of drug-likeness (QED) is 0.842. The van der Waals surface area contributed by atoms with Crippen LogP contribution in [0.15, 0.2) is 10.6 Å².